The number of esters is 1. The van der Waals surface area contributed by atoms with E-state index in [1.54, 1.807) is 0 Å². The van der Waals surface area contributed by atoms with Gasteiger partial charge in [0.15, 0.2) is 5.69 Å². The molecular formula is C22H24N2O5. The number of ether oxygens (including phenoxy) is 1. The van der Waals surface area contributed by atoms with Crippen LogP contribution in [0.4, 0.5) is 0 Å². The smallest absolute Gasteiger partial charge is 0.359 e. The molecule has 0 saturated heterocycles. The first-order chi connectivity index (χ1) is 13.8. The number of fused-ring (bicyclic) bond motifs is 1. The summed E-state index contributed by atoms with van der Waals surface area (Å²) >= 11 is 0. The van der Waals surface area contributed by atoms with E-state index in [2.05, 4.69) is 18.9 Å². The van der Waals surface area contributed by atoms with E-state index in [1.165, 1.54) is 22.9 Å². The van der Waals surface area contributed by atoms with Gasteiger partial charge in [-0.25, -0.2) is 14.3 Å². The third-order valence-corrected chi connectivity index (χ3v) is 4.71. The first-order valence-corrected chi connectivity index (χ1v) is 9.62. The van der Waals surface area contributed by atoms with Gasteiger partial charge in [-0.1, -0.05) is 20.8 Å². The molecule has 0 aliphatic carbocycles. The van der Waals surface area contributed by atoms with Crippen LogP contribution >= 0.6 is 0 Å². The summed E-state index contributed by atoms with van der Waals surface area (Å²) in [7, 11) is 0. The van der Waals surface area contributed by atoms with Crippen molar-refractivity contribution in [1.29, 1.82) is 0 Å². The molecule has 0 N–H and O–H groups in total. The zero-order valence-electron chi connectivity index (χ0n) is 17.0. The largest absolute Gasteiger partial charge is 0.456 e. The second kappa shape index (κ2) is 8.43. The summed E-state index contributed by atoms with van der Waals surface area (Å²) in [4.78, 5) is 36.1. The van der Waals surface area contributed by atoms with E-state index in [0.717, 1.165) is 22.9 Å². The average Bonchev–Trinajstić information content (AvgIpc) is 2.66. The molecule has 0 bridgehead atoms. The molecule has 0 fully saturated rings. The van der Waals surface area contributed by atoms with Gasteiger partial charge in [0.05, 0.1) is 0 Å². The van der Waals surface area contributed by atoms with Crippen molar-refractivity contribution >= 4 is 16.9 Å². The summed E-state index contributed by atoms with van der Waals surface area (Å²) in [5.74, 6) is -0.363. The van der Waals surface area contributed by atoms with Crippen LogP contribution in [0.1, 0.15) is 60.3 Å². The Labute approximate surface area is 167 Å². The first kappa shape index (κ1) is 20.5. The maximum atomic E-state index is 12.4. The molecule has 0 aliphatic rings. The summed E-state index contributed by atoms with van der Waals surface area (Å²) in [6.07, 6.45) is 0.717. The number of carbonyl (C=O) groups excluding carboxylic acids is 1. The van der Waals surface area contributed by atoms with Gasteiger partial charge in [-0.05, 0) is 48.6 Å². The SMILES string of the molecule is CCCn1nc(C(=O)OCc2cc(=O)oc3cc(C)c(C(C)C)cc23)ccc1=O. The van der Waals surface area contributed by atoms with E-state index in [-0.39, 0.29) is 17.9 Å². The highest BCUT2D eigenvalue weighted by Crippen LogP contribution is 2.27. The molecule has 0 saturated carbocycles. The summed E-state index contributed by atoms with van der Waals surface area (Å²) < 4.78 is 11.9. The van der Waals surface area contributed by atoms with Crippen LogP contribution in [0.15, 0.2) is 44.3 Å². The second-order valence-electron chi connectivity index (χ2n) is 7.31. The van der Waals surface area contributed by atoms with Gasteiger partial charge >= 0.3 is 11.6 Å². The molecule has 7 heteroatoms. The third kappa shape index (κ3) is 4.45. The standard InChI is InChI=1S/C22H24N2O5/c1-5-8-24-20(25)7-6-18(23-24)22(27)28-12-15-10-21(26)29-19-9-14(4)16(13(2)3)11-17(15)19/h6-7,9-11,13H,5,8,12H2,1-4H3. The molecule has 0 amide bonds. The third-order valence-electron chi connectivity index (χ3n) is 4.71. The normalized spacial score (nSPS) is 11.2. The first-order valence-electron chi connectivity index (χ1n) is 9.62. The van der Waals surface area contributed by atoms with Gasteiger partial charge in [-0.3, -0.25) is 4.79 Å². The summed E-state index contributed by atoms with van der Waals surface area (Å²) in [6, 6.07) is 7.78. The van der Waals surface area contributed by atoms with Gasteiger partial charge in [0.2, 0.25) is 0 Å². The lowest BCUT2D eigenvalue weighted by molar-refractivity contribution is 0.0463. The predicted octanol–water partition coefficient (Wildman–Crippen LogP) is 3.55. The molecule has 0 radical (unpaired) electrons. The minimum atomic E-state index is -0.660. The zero-order chi connectivity index (χ0) is 21.1. The van der Waals surface area contributed by atoms with Crippen molar-refractivity contribution in [2.24, 2.45) is 0 Å². The highest BCUT2D eigenvalue weighted by atomic mass is 16.5. The minimum absolute atomic E-state index is 0.0454. The van der Waals surface area contributed by atoms with Crippen LogP contribution in [0.3, 0.4) is 0 Å². The number of hydrogen-bond donors (Lipinski definition) is 0. The van der Waals surface area contributed by atoms with Crippen molar-refractivity contribution in [2.45, 2.75) is 53.2 Å². The Morgan fingerprint density at radius 1 is 1.21 bits per heavy atom. The Bertz CT molecular complexity index is 1170. The zero-order valence-corrected chi connectivity index (χ0v) is 17.0. The molecule has 1 aromatic carbocycles. The fraction of sp³-hybridized carbons (Fsp3) is 0.364. The van der Waals surface area contributed by atoms with Crippen molar-refractivity contribution in [3.8, 4) is 0 Å². The van der Waals surface area contributed by atoms with E-state index in [1.807, 2.05) is 26.0 Å². The van der Waals surface area contributed by atoms with Gasteiger partial charge in [0.1, 0.15) is 12.2 Å². The Morgan fingerprint density at radius 3 is 2.66 bits per heavy atom. The highest BCUT2D eigenvalue weighted by molar-refractivity contribution is 5.87. The molecule has 29 heavy (non-hydrogen) atoms. The lowest BCUT2D eigenvalue weighted by Crippen LogP contribution is -2.24. The topological polar surface area (TPSA) is 91.4 Å². The predicted molar refractivity (Wildman–Crippen MR) is 109 cm³/mol. The van der Waals surface area contributed by atoms with Gasteiger partial charge in [0.25, 0.3) is 5.56 Å². The van der Waals surface area contributed by atoms with E-state index >= 15 is 0 Å². The van der Waals surface area contributed by atoms with Crippen LogP contribution in [0.5, 0.6) is 0 Å². The van der Waals surface area contributed by atoms with Crippen molar-refractivity contribution in [2.75, 3.05) is 0 Å². The van der Waals surface area contributed by atoms with Crippen molar-refractivity contribution in [3.05, 3.63) is 73.5 Å². The number of rotatable bonds is 6. The molecule has 0 spiro atoms. The molecule has 2 aromatic heterocycles. The number of nitrogens with zero attached hydrogens (tertiary/aromatic N) is 2. The van der Waals surface area contributed by atoms with Crippen LogP contribution < -0.4 is 11.2 Å². The van der Waals surface area contributed by atoms with Crippen LogP contribution in [0.25, 0.3) is 11.0 Å². The molecule has 7 nitrogen and oxygen atoms in total. The van der Waals surface area contributed by atoms with E-state index in [9.17, 15) is 14.4 Å². The van der Waals surface area contributed by atoms with Crippen molar-refractivity contribution in [3.63, 3.8) is 0 Å². The number of hydrogen-bond acceptors (Lipinski definition) is 6. The molecule has 0 aliphatic heterocycles. The Morgan fingerprint density at radius 2 is 1.97 bits per heavy atom. The minimum Gasteiger partial charge on any atom is -0.456 e. The highest BCUT2D eigenvalue weighted by Gasteiger charge is 2.15. The summed E-state index contributed by atoms with van der Waals surface area (Å²) in [5, 5.41) is 4.78. The molecule has 0 unspecified atom stereocenters. The molecule has 3 aromatic rings. The van der Waals surface area contributed by atoms with E-state index in [0.29, 0.717) is 23.6 Å². The molecule has 0 atom stereocenters. The van der Waals surface area contributed by atoms with E-state index in [4.69, 9.17) is 9.15 Å². The van der Waals surface area contributed by atoms with E-state index < -0.39 is 11.6 Å². The Hall–Kier alpha value is -3.22. The number of benzene rings is 1. The van der Waals surface area contributed by atoms with Crippen molar-refractivity contribution < 1.29 is 13.9 Å². The summed E-state index contributed by atoms with van der Waals surface area (Å²) in [6.45, 7) is 8.38. The molecular weight excluding hydrogens is 372 g/mol. The molecule has 2 heterocycles. The van der Waals surface area contributed by atoms with Crippen LogP contribution in [0, 0.1) is 6.92 Å². The lowest BCUT2D eigenvalue weighted by Gasteiger charge is -2.13. The monoisotopic (exact) mass is 396 g/mol. The number of aromatic nitrogens is 2. The molecule has 3 rings (SSSR count). The maximum absolute atomic E-state index is 12.4. The lowest BCUT2D eigenvalue weighted by atomic mass is 9.95. The van der Waals surface area contributed by atoms with Gasteiger partial charge in [-0.2, -0.15) is 5.10 Å². The van der Waals surface area contributed by atoms with Crippen LogP contribution in [-0.2, 0) is 17.9 Å². The van der Waals surface area contributed by atoms with Gasteiger partial charge in [0, 0.05) is 29.6 Å². The summed E-state index contributed by atoms with van der Waals surface area (Å²) in [5.41, 5.74) is 2.46. The Balaban J connectivity index is 1.91. The molecule has 152 valence electrons. The Kier molecular flexibility index (Phi) is 5.96. The number of aryl methyl sites for hydroxylation is 2. The number of carbonyl (C=O) groups is 1. The second-order valence-corrected chi connectivity index (χ2v) is 7.31. The fourth-order valence-electron chi connectivity index (χ4n) is 3.28. The van der Waals surface area contributed by atoms with Crippen molar-refractivity contribution in [1.82, 2.24) is 9.78 Å². The van der Waals surface area contributed by atoms with Gasteiger partial charge < -0.3 is 9.15 Å². The van der Waals surface area contributed by atoms with Crippen LogP contribution in [0.2, 0.25) is 0 Å². The quantitative estimate of drug-likeness (QED) is 0.467. The maximum Gasteiger partial charge on any atom is 0.359 e. The average molecular weight is 396 g/mol. The van der Waals surface area contributed by atoms with Gasteiger partial charge in [-0.15, -0.1) is 0 Å². The van der Waals surface area contributed by atoms with Crippen LogP contribution in [-0.4, -0.2) is 15.7 Å². The fourth-order valence-corrected chi connectivity index (χ4v) is 3.28.